The van der Waals surface area contributed by atoms with Gasteiger partial charge in [-0.15, -0.1) is 0 Å². The number of carbonyl (C=O) groups excluding carboxylic acids is 5. The second-order valence-electron chi connectivity index (χ2n) is 12.1. The summed E-state index contributed by atoms with van der Waals surface area (Å²) in [6.45, 7) is 5.34. The quantitative estimate of drug-likeness (QED) is 0.311. The fourth-order valence-corrected chi connectivity index (χ4v) is 6.09. The SMILES string of the molecule is CC(C)(C)C(NC(=O)[C@H]1CC1(F)F)C(=O)N1C[C@@H]2CCC[C@@H]2[C@H]1C(=O)NN(C[C@@H]1CCNC1=O)C(=O)C(F)Cl. The lowest BCUT2D eigenvalue weighted by atomic mass is 9.85. The van der Waals surface area contributed by atoms with Crippen molar-refractivity contribution in [1.29, 1.82) is 0 Å². The fraction of sp³-hybridized carbons (Fsp3) is 0.800. The van der Waals surface area contributed by atoms with E-state index in [0.29, 0.717) is 24.4 Å². The number of hydrazine groups is 1. The predicted octanol–water partition coefficient (Wildman–Crippen LogP) is 1.33. The van der Waals surface area contributed by atoms with Gasteiger partial charge in [0.1, 0.15) is 18.0 Å². The molecule has 2 aliphatic heterocycles. The zero-order valence-electron chi connectivity index (χ0n) is 22.1. The molecule has 4 fully saturated rings. The molecule has 4 rings (SSSR count). The van der Waals surface area contributed by atoms with Gasteiger partial charge >= 0.3 is 0 Å². The Morgan fingerprint density at radius 1 is 1.18 bits per heavy atom. The maximum atomic E-state index is 13.9. The van der Waals surface area contributed by atoms with Crippen LogP contribution in [0, 0.1) is 29.1 Å². The molecule has 39 heavy (non-hydrogen) atoms. The van der Waals surface area contributed by atoms with Crippen molar-refractivity contribution >= 4 is 41.1 Å². The van der Waals surface area contributed by atoms with Gasteiger partial charge in [0, 0.05) is 19.5 Å². The molecule has 2 saturated heterocycles. The molecule has 10 nitrogen and oxygen atoms in total. The Labute approximate surface area is 229 Å². The molecule has 0 aromatic heterocycles. The number of nitrogens with zero attached hydrogens (tertiary/aromatic N) is 2. The number of halogens is 4. The van der Waals surface area contributed by atoms with Gasteiger partial charge in [-0.25, -0.2) is 18.2 Å². The standard InChI is InChI=1S/C25H35ClF3N5O5/c1-24(2,3)17(31-20(36)15-9-25(15,28)29)22(38)33-10-12-5-4-6-14(12)16(33)21(37)32-34(23(39)18(26)27)11-13-7-8-30-19(13)35/h12-18H,4-11H2,1-3H3,(H,30,35)(H,31,36)(H,32,37)/t12-,13-,14-,15+,16-,17?,18?/m0/s1. The molecule has 0 spiro atoms. The van der Waals surface area contributed by atoms with Crippen LogP contribution >= 0.6 is 11.6 Å². The van der Waals surface area contributed by atoms with Crippen LogP contribution in [0.25, 0.3) is 0 Å². The molecular weight excluding hydrogens is 543 g/mol. The average molecular weight is 578 g/mol. The molecule has 0 bridgehead atoms. The zero-order valence-corrected chi connectivity index (χ0v) is 22.9. The Kier molecular flexibility index (Phi) is 8.13. The first kappa shape index (κ1) is 29.4. The molecule has 14 heteroatoms. The minimum atomic E-state index is -3.11. The number of likely N-dealkylation sites (tertiary alicyclic amines) is 1. The monoisotopic (exact) mass is 577 g/mol. The first-order valence-corrected chi connectivity index (χ1v) is 13.7. The number of amides is 5. The summed E-state index contributed by atoms with van der Waals surface area (Å²) in [5, 5.41) is 5.79. The van der Waals surface area contributed by atoms with Crippen molar-refractivity contribution in [2.24, 2.45) is 29.1 Å². The van der Waals surface area contributed by atoms with Gasteiger partial charge < -0.3 is 15.5 Å². The van der Waals surface area contributed by atoms with E-state index in [4.69, 9.17) is 11.6 Å². The molecule has 2 heterocycles. The van der Waals surface area contributed by atoms with Crippen molar-refractivity contribution in [3.8, 4) is 0 Å². The van der Waals surface area contributed by atoms with E-state index in [9.17, 15) is 37.1 Å². The van der Waals surface area contributed by atoms with Crippen LogP contribution in [0.5, 0.6) is 0 Å². The summed E-state index contributed by atoms with van der Waals surface area (Å²) < 4.78 is 40.9. The number of rotatable bonds is 7. The van der Waals surface area contributed by atoms with Crippen LogP contribution in [0.4, 0.5) is 13.2 Å². The summed E-state index contributed by atoms with van der Waals surface area (Å²) >= 11 is 5.38. The van der Waals surface area contributed by atoms with Gasteiger partial charge in [0.2, 0.25) is 17.7 Å². The molecule has 218 valence electrons. The zero-order chi connectivity index (χ0) is 28.9. The molecule has 7 atom stereocenters. The van der Waals surface area contributed by atoms with E-state index < -0.39 is 70.9 Å². The van der Waals surface area contributed by atoms with Crippen LogP contribution in [-0.4, -0.2) is 82.7 Å². The second-order valence-corrected chi connectivity index (χ2v) is 12.5. The highest BCUT2D eigenvalue weighted by atomic mass is 35.5. The number of fused-ring (bicyclic) bond motifs is 1. The Balaban J connectivity index is 1.55. The maximum Gasteiger partial charge on any atom is 0.291 e. The van der Waals surface area contributed by atoms with E-state index in [0.717, 1.165) is 12.8 Å². The first-order valence-electron chi connectivity index (χ1n) is 13.3. The Hall–Kier alpha value is -2.57. The van der Waals surface area contributed by atoms with Crippen molar-refractivity contribution in [3.63, 3.8) is 0 Å². The highest BCUT2D eigenvalue weighted by Crippen LogP contribution is 2.49. The van der Waals surface area contributed by atoms with Gasteiger partial charge in [-0.1, -0.05) is 38.8 Å². The van der Waals surface area contributed by atoms with Gasteiger partial charge in [0.25, 0.3) is 23.4 Å². The molecule has 0 aromatic rings. The number of hydrogen-bond donors (Lipinski definition) is 3. The summed E-state index contributed by atoms with van der Waals surface area (Å²) in [4.78, 5) is 65.9. The highest BCUT2D eigenvalue weighted by Gasteiger charge is 2.62. The van der Waals surface area contributed by atoms with Gasteiger partial charge in [0.05, 0.1) is 12.5 Å². The molecule has 2 aliphatic carbocycles. The Morgan fingerprint density at radius 3 is 2.38 bits per heavy atom. The summed E-state index contributed by atoms with van der Waals surface area (Å²) in [7, 11) is 0. The third kappa shape index (κ3) is 6.12. The maximum absolute atomic E-state index is 13.9. The molecule has 4 aliphatic rings. The van der Waals surface area contributed by atoms with Gasteiger partial charge in [-0.2, -0.15) is 0 Å². The average Bonchev–Trinajstić information content (AvgIpc) is 3.22. The summed E-state index contributed by atoms with van der Waals surface area (Å²) in [5.74, 6) is -9.38. The largest absolute Gasteiger partial charge is 0.356 e. The third-order valence-electron chi connectivity index (χ3n) is 8.25. The van der Waals surface area contributed by atoms with Crippen molar-refractivity contribution < 1.29 is 37.1 Å². The van der Waals surface area contributed by atoms with Crippen LogP contribution in [0.3, 0.4) is 0 Å². The van der Waals surface area contributed by atoms with Crippen molar-refractivity contribution in [2.45, 2.75) is 76.5 Å². The van der Waals surface area contributed by atoms with Crippen molar-refractivity contribution in [2.75, 3.05) is 19.6 Å². The minimum absolute atomic E-state index is 0.0134. The van der Waals surface area contributed by atoms with E-state index in [1.54, 1.807) is 20.8 Å². The van der Waals surface area contributed by atoms with Gasteiger partial charge in [-0.3, -0.25) is 29.4 Å². The number of hydrogen-bond acceptors (Lipinski definition) is 5. The topological polar surface area (TPSA) is 128 Å². The smallest absolute Gasteiger partial charge is 0.291 e. The lowest BCUT2D eigenvalue weighted by Crippen LogP contribution is -2.61. The van der Waals surface area contributed by atoms with E-state index in [-0.39, 0.29) is 30.8 Å². The van der Waals surface area contributed by atoms with Crippen LogP contribution in [0.15, 0.2) is 0 Å². The fourth-order valence-electron chi connectivity index (χ4n) is 5.97. The van der Waals surface area contributed by atoms with E-state index in [1.165, 1.54) is 4.90 Å². The minimum Gasteiger partial charge on any atom is -0.356 e. The molecule has 2 saturated carbocycles. The normalized spacial score (nSPS) is 30.7. The summed E-state index contributed by atoms with van der Waals surface area (Å²) in [5.41, 5.74) is -0.927. The summed E-state index contributed by atoms with van der Waals surface area (Å²) in [6, 6.07) is -2.23. The van der Waals surface area contributed by atoms with Crippen LogP contribution in [-0.2, 0) is 24.0 Å². The third-order valence-corrected chi connectivity index (χ3v) is 8.43. The lowest BCUT2D eigenvalue weighted by Gasteiger charge is -2.37. The van der Waals surface area contributed by atoms with Crippen LogP contribution < -0.4 is 16.1 Å². The second kappa shape index (κ2) is 10.8. The molecule has 3 N–H and O–H groups in total. The number of carbonyl (C=O) groups is 5. The van der Waals surface area contributed by atoms with Crippen molar-refractivity contribution in [1.82, 2.24) is 26.0 Å². The van der Waals surface area contributed by atoms with Crippen LogP contribution in [0.1, 0.15) is 52.9 Å². The van der Waals surface area contributed by atoms with E-state index >= 15 is 0 Å². The van der Waals surface area contributed by atoms with Gasteiger partial charge in [0.15, 0.2) is 0 Å². The summed E-state index contributed by atoms with van der Waals surface area (Å²) in [6.07, 6.45) is 2.02. The van der Waals surface area contributed by atoms with Gasteiger partial charge in [-0.05, 0) is 36.5 Å². The highest BCUT2D eigenvalue weighted by molar-refractivity contribution is 6.29. The van der Waals surface area contributed by atoms with Crippen molar-refractivity contribution in [3.05, 3.63) is 0 Å². The van der Waals surface area contributed by atoms with Crippen LogP contribution in [0.2, 0.25) is 0 Å². The predicted molar refractivity (Wildman–Crippen MR) is 132 cm³/mol. The first-order chi connectivity index (χ1) is 18.1. The molecule has 2 unspecified atom stereocenters. The van der Waals surface area contributed by atoms with E-state index in [2.05, 4.69) is 16.1 Å². The Bertz CT molecular complexity index is 1040. The molecule has 5 amide bonds. The number of alkyl halides is 4. The number of nitrogens with one attached hydrogen (secondary N) is 3. The lowest BCUT2D eigenvalue weighted by molar-refractivity contribution is -0.150. The molecule has 0 radical (unpaired) electrons. The molecular formula is C25H35ClF3N5O5. The molecule has 0 aromatic carbocycles. The van der Waals surface area contributed by atoms with E-state index in [1.807, 2.05) is 0 Å². The Morgan fingerprint density at radius 2 is 1.85 bits per heavy atom.